The zero-order valence-corrected chi connectivity index (χ0v) is 32.9. The van der Waals surface area contributed by atoms with Crippen LogP contribution in [0.5, 0.6) is 0 Å². The number of benzene rings is 1. The van der Waals surface area contributed by atoms with Gasteiger partial charge in [-0.3, -0.25) is 14.0 Å². The Bertz CT molecular complexity index is 922. The lowest BCUT2D eigenvalue weighted by Gasteiger charge is -2.29. The summed E-state index contributed by atoms with van der Waals surface area (Å²) in [7, 11) is 7.66. The molecule has 42 heavy (non-hydrogen) atoms. The molecule has 7 rings (SSSR count). The van der Waals surface area contributed by atoms with Crippen LogP contribution < -0.4 is 5.30 Å². The quantitative estimate of drug-likeness (QED) is 0.259. The van der Waals surface area contributed by atoms with Crippen molar-refractivity contribution < 1.29 is 0 Å². The maximum atomic E-state index is 2.61. The molecule has 1 aromatic rings. The molecule has 0 N–H and O–H groups in total. The van der Waals surface area contributed by atoms with Gasteiger partial charge in [-0.1, -0.05) is 64.8 Å². The molecule has 5 heterocycles. The molecule has 1 saturated carbocycles. The van der Waals surface area contributed by atoms with Gasteiger partial charge in [-0.2, -0.15) is 0 Å². The molecule has 0 aromatic heterocycles. The van der Waals surface area contributed by atoms with Crippen LogP contribution in [-0.2, 0) is 0 Å². The van der Waals surface area contributed by atoms with Crippen LogP contribution >= 0.6 is 32.1 Å². The first-order valence-electron chi connectivity index (χ1n) is 17.0. The highest BCUT2D eigenvalue weighted by Crippen LogP contribution is 2.65. The number of likely N-dealkylation sites (N-methyl/N-ethyl adjacent to an activating group) is 2. The van der Waals surface area contributed by atoms with Gasteiger partial charge < -0.3 is 0 Å². The average Bonchev–Trinajstić information content (AvgIpc) is 3.68. The van der Waals surface area contributed by atoms with Crippen LogP contribution in [0.4, 0.5) is 0 Å². The minimum absolute atomic E-state index is 0.0289. The van der Waals surface area contributed by atoms with E-state index in [9.17, 15) is 0 Å². The Kier molecular flexibility index (Phi) is 13.3. The van der Waals surface area contributed by atoms with E-state index >= 15 is 0 Å². The molecule has 10 atom stereocenters. The summed E-state index contributed by atoms with van der Waals surface area (Å²) < 4.78 is 7.69. The van der Waals surface area contributed by atoms with Gasteiger partial charge in [0, 0.05) is 26.3 Å². The molecule has 0 radical (unpaired) electrons. The summed E-state index contributed by atoms with van der Waals surface area (Å²) in [4.78, 5) is 0. The SMILES string of the molecule is CC1CC2C(C)CC1P2C.CC1c2ccccc2[P@@](C)N1C.CN1[C@@H]2CCCC[C@H]2N(C)P1C.C[C@H]1CC[C@H](C)P1C. The van der Waals surface area contributed by atoms with Crippen molar-refractivity contribution in [3.63, 3.8) is 0 Å². The third kappa shape index (κ3) is 7.68. The maximum Gasteiger partial charge on any atom is 0.0363 e. The molecule has 5 unspecified atom stereocenters. The summed E-state index contributed by atoms with van der Waals surface area (Å²) in [5, 5.41) is 1.56. The van der Waals surface area contributed by atoms with Gasteiger partial charge >= 0.3 is 0 Å². The average molecular weight is 652 g/mol. The van der Waals surface area contributed by atoms with E-state index in [0.717, 1.165) is 46.6 Å². The van der Waals surface area contributed by atoms with E-state index in [1.165, 1.54) is 44.1 Å². The molecule has 1 aliphatic carbocycles. The summed E-state index contributed by atoms with van der Waals surface area (Å²) >= 11 is 0. The first-order chi connectivity index (χ1) is 19.8. The van der Waals surface area contributed by atoms with Crippen molar-refractivity contribution in [2.24, 2.45) is 11.8 Å². The number of rotatable bonds is 0. The molecule has 6 aliphatic rings. The largest absolute Gasteiger partial charge is 0.275 e. The first-order valence-corrected chi connectivity index (χ1v) is 24.3. The highest BCUT2D eigenvalue weighted by Gasteiger charge is 2.47. The van der Waals surface area contributed by atoms with Crippen LogP contribution in [0, 0.1) is 11.8 Å². The van der Waals surface area contributed by atoms with Gasteiger partial charge in [0.1, 0.15) is 0 Å². The maximum absolute atomic E-state index is 2.61. The van der Waals surface area contributed by atoms with Gasteiger partial charge in [0.25, 0.3) is 0 Å². The Morgan fingerprint density at radius 2 is 1.10 bits per heavy atom. The zero-order valence-electron chi connectivity index (χ0n) is 29.3. The minimum Gasteiger partial charge on any atom is -0.275 e. The fourth-order valence-corrected chi connectivity index (χ4v) is 18.0. The van der Waals surface area contributed by atoms with Gasteiger partial charge in [0.2, 0.25) is 0 Å². The van der Waals surface area contributed by atoms with Crippen molar-refractivity contribution in [2.75, 3.05) is 47.8 Å². The molecule has 3 nitrogen and oxygen atoms in total. The molecular weight excluding hydrogens is 586 g/mol. The van der Waals surface area contributed by atoms with Gasteiger partial charge in [0.15, 0.2) is 0 Å². The normalized spacial score (nSPS) is 41.8. The Morgan fingerprint density at radius 3 is 1.48 bits per heavy atom. The summed E-state index contributed by atoms with van der Waals surface area (Å²) in [6.45, 7) is 21.7. The highest BCUT2D eigenvalue weighted by atomic mass is 31.1. The summed E-state index contributed by atoms with van der Waals surface area (Å²) in [5.41, 5.74) is 5.93. The monoisotopic (exact) mass is 651 g/mol. The Morgan fingerprint density at radius 1 is 0.619 bits per heavy atom. The van der Waals surface area contributed by atoms with E-state index in [-0.39, 0.29) is 16.3 Å². The Labute approximate surface area is 266 Å². The molecule has 5 aliphatic heterocycles. The lowest BCUT2D eigenvalue weighted by atomic mass is 9.84. The van der Waals surface area contributed by atoms with E-state index in [1.807, 2.05) is 0 Å². The second-order valence-corrected chi connectivity index (χ2v) is 24.7. The second-order valence-electron chi connectivity index (χ2n) is 14.6. The number of hydrogen-bond donors (Lipinski definition) is 0. The Hall–Kier alpha value is 0.820. The smallest absolute Gasteiger partial charge is 0.0363 e. The van der Waals surface area contributed by atoms with E-state index in [0.29, 0.717) is 21.9 Å². The van der Waals surface area contributed by atoms with Gasteiger partial charge in [-0.05, 0) is 147 Å². The molecule has 240 valence electrons. The van der Waals surface area contributed by atoms with Crippen molar-refractivity contribution in [3.8, 4) is 0 Å². The van der Waals surface area contributed by atoms with Crippen molar-refractivity contribution >= 4 is 37.4 Å². The molecule has 7 heteroatoms. The lowest BCUT2D eigenvalue weighted by Crippen LogP contribution is -2.37. The molecule has 0 amide bonds. The molecule has 5 fully saturated rings. The zero-order chi connectivity index (χ0) is 30.9. The fourth-order valence-electron chi connectivity index (χ4n) is 8.63. The van der Waals surface area contributed by atoms with E-state index < -0.39 is 0 Å². The van der Waals surface area contributed by atoms with Crippen molar-refractivity contribution in [3.05, 3.63) is 29.8 Å². The third-order valence-corrected chi connectivity index (χ3v) is 24.0. The van der Waals surface area contributed by atoms with Crippen molar-refractivity contribution in [1.29, 1.82) is 0 Å². The molecule has 0 spiro atoms. The van der Waals surface area contributed by atoms with Crippen LogP contribution in [0.1, 0.15) is 97.6 Å². The van der Waals surface area contributed by atoms with E-state index in [2.05, 4.69) is 121 Å². The Balaban J connectivity index is 0.000000130. The van der Waals surface area contributed by atoms with Crippen LogP contribution in [0.15, 0.2) is 24.3 Å². The molecule has 1 aromatic carbocycles. The number of hydrogen-bond acceptors (Lipinski definition) is 3. The first kappa shape index (κ1) is 35.7. The van der Waals surface area contributed by atoms with Crippen LogP contribution in [0.3, 0.4) is 0 Å². The van der Waals surface area contributed by atoms with E-state index in [4.69, 9.17) is 0 Å². The summed E-state index contributed by atoms with van der Waals surface area (Å²) in [6, 6.07) is 11.2. The third-order valence-electron chi connectivity index (χ3n) is 12.3. The highest BCUT2D eigenvalue weighted by molar-refractivity contribution is 7.63. The predicted molar refractivity (Wildman–Crippen MR) is 198 cm³/mol. The van der Waals surface area contributed by atoms with Crippen LogP contribution in [0.2, 0.25) is 0 Å². The fraction of sp³-hybridized carbons (Fsp3) is 0.829. The van der Waals surface area contributed by atoms with Gasteiger partial charge in [-0.25, -0.2) is 0 Å². The number of nitrogens with zero attached hydrogens (tertiary/aromatic N) is 3. The van der Waals surface area contributed by atoms with E-state index in [1.54, 1.807) is 18.1 Å². The predicted octanol–water partition coefficient (Wildman–Crippen LogP) is 10.0. The second kappa shape index (κ2) is 15.6. The summed E-state index contributed by atoms with van der Waals surface area (Å²) in [5.74, 6) is 2.13. The number of fused-ring (bicyclic) bond motifs is 4. The summed E-state index contributed by atoms with van der Waals surface area (Å²) in [6.07, 6.45) is 11.8. The van der Waals surface area contributed by atoms with Crippen LogP contribution in [-0.4, -0.2) is 96.5 Å². The van der Waals surface area contributed by atoms with Gasteiger partial charge in [0.05, 0.1) is 0 Å². The molecule has 2 bridgehead atoms. The lowest BCUT2D eigenvalue weighted by molar-refractivity contribution is 0.233. The van der Waals surface area contributed by atoms with Crippen molar-refractivity contribution in [2.45, 2.75) is 127 Å². The van der Waals surface area contributed by atoms with Gasteiger partial charge in [-0.15, -0.1) is 15.8 Å². The minimum atomic E-state index is -0.0481. The standard InChI is InChI=1S/C10H14NP.C9H19N2P.C9H17P.C7H15P/c1-8-9-6-4-5-7-10(9)12(3)11(8)2;1-10-8-6-4-5-7-9(8)11(2)12(10)3;1-6-4-9-7(2)5-8(6)10(9)3;1-6-4-5-7(2)8(6)3/h4-8H,1-3H3;8-9H,4-7H2,1-3H3;6-9H,4-5H2,1-3H3;6-7H,4-5H2,1-3H3/t8?,12-;8-,9-;;6-,7-/m11.0/s1. The van der Waals surface area contributed by atoms with Crippen LogP contribution in [0.25, 0.3) is 0 Å². The van der Waals surface area contributed by atoms with Crippen molar-refractivity contribution in [1.82, 2.24) is 14.0 Å². The molecule has 4 saturated heterocycles. The topological polar surface area (TPSA) is 9.72 Å². The molecular formula is C35H65N3P4.